The van der Waals surface area contributed by atoms with Crippen molar-refractivity contribution in [2.24, 2.45) is 0 Å². The molecule has 0 N–H and O–H groups in total. The lowest BCUT2D eigenvalue weighted by atomic mass is 10.00. The molecule has 0 radical (unpaired) electrons. The Hall–Kier alpha value is -1.64. The number of fused-ring (bicyclic) bond motifs is 5. The molecule has 1 spiro atoms. The highest BCUT2D eigenvalue weighted by Gasteiger charge is 2.49. The zero-order valence-corrected chi connectivity index (χ0v) is 11.8. The molecule has 0 unspecified atom stereocenters. The Morgan fingerprint density at radius 3 is 1.75 bits per heavy atom. The summed E-state index contributed by atoms with van der Waals surface area (Å²) in [5.74, 6) is -0.718. The van der Waals surface area contributed by atoms with E-state index >= 15 is 0 Å². The molecule has 1 fully saturated rings. The van der Waals surface area contributed by atoms with Crippen LogP contribution in [0.25, 0.3) is 11.1 Å². The van der Waals surface area contributed by atoms with E-state index in [0.717, 1.165) is 17.5 Å². The summed E-state index contributed by atoms with van der Waals surface area (Å²) in [5.41, 5.74) is 4.73. The van der Waals surface area contributed by atoms with Crippen molar-refractivity contribution in [2.75, 3.05) is 0 Å². The van der Waals surface area contributed by atoms with Gasteiger partial charge in [0.1, 0.15) is 0 Å². The van der Waals surface area contributed by atoms with E-state index in [0.29, 0.717) is 0 Å². The topological polar surface area (TPSA) is 18.5 Å². The lowest BCUT2D eigenvalue weighted by Crippen LogP contribution is -2.44. The van der Waals surface area contributed by atoms with Gasteiger partial charge in [-0.1, -0.05) is 48.5 Å². The van der Waals surface area contributed by atoms with Gasteiger partial charge in [-0.25, -0.2) is 0 Å². The molecule has 2 aromatic carbocycles. The van der Waals surface area contributed by atoms with Gasteiger partial charge >= 0.3 is 0 Å². The summed E-state index contributed by atoms with van der Waals surface area (Å²) in [6.07, 6.45) is 1.32. The van der Waals surface area contributed by atoms with Crippen LogP contribution in [0.15, 0.2) is 48.5 Å². The van der Waals surface area contributed by atoms with Crippen LogP contribution in [-0.4, -0.2) is 12.2 Å². The van der Waals surface area contributed by atoms with Crippen LogP contribution < -0.4 is 0 Å². The highest BCUT2D eigenvalue weighted by Crippen LogP contribution is 2.52. The zero-order chi connectivity index (χ0) is 13.7. The van der Waals surface area contributed by atoms with Crippen LogP contribution in [-0.2, 0) is 15.3 Å². The quantitative estimate of drug-likeness (QED) is 0.715. The number of benzene rings is 2. The second-order valence-corrected chi connectivity index (χ2v) is 5.80. The third-order valence-electron chi connectivity index (χ3n) is 4.25. The van der Waals surface area contributed by atoms with Crippen LogP contribution in [0.1, 0.15) is 31.4 Å². The van der Waals surface area contributed by atoms with E-state index in [2.05, 4.69) is 62.4 Å². The Morgan fingerprint density at radius 2 is 1.25 bits per heavy atom. The van der Waals surface area contributed by atoms with Gasteiger partial charge in [0.15, 0.2) is 0 Å². The van der Waals surface area contributed by atoms with Crippen molar-refractivity contribution in [1.29, 1.82) is 0 Å². The van der Waals surface area contributed by atoms with Crippen molar-refractivity contribution in [2.45, 2.75) is 38.3 Å². The molecule has 2 nitrogen and oxygen atoms in total. The molecule has 0 bridgehead atoms. The molecule has 2 aliphatic rings. The van der Waals surface area contributed by atoms with Gasteiger partial charge in [0.2, 0.25) is 5.79 Å². The highest BCUT2D eigenvalue weighted by atomic mass is 16.7. The lowest BCUT2D eigenvalue weighted by Gasteiger charge is -2.42. The first kappa shape index (κ1) is 12.1. The first-order chi connectivity index (χ1) is 9.71. The van der Waals surface area contributed by atoms with Gasteiger partial charge in [0.05, 0.1) is 12.2 Å². The minimum absolute atomic E-state index is 0.193. The summed E-state index contributed by atoms with van der Waals surface area (Å²) < 4.78 is 12.7. The van der Waals surface area contributed by atoms with E-state index in [4.69, 9.17) is 9.47 Å². The van der Waals surface area contributed by atoms with E-state index in [-0.39, 0.29) is 12.2 Å². The maximum atomic E-state index is 6.34. The van der Waals surface area contributed by atoms with Gasteiger partial charge in [-0.3, -0.25) is 0 Å². The molecule has 1 aliphatic heterocycles. The van der Waals surface area contributed by atoms with E-state index in [1.807, 2.05) is 0 Å². The SMILES string of the molecule is C[C@@H]1C[C@H](C)OC2(O1)c1ccccc1-c1ccccc12. The van der Waals surface area contributed by atoms with Gasteiger partial charge in [0.25, 0.3) is 0 Å². The average molecular weight is 266 g/mol. The maximum absolute atomic E-state index is 6.34. The van der Waals surface area contributed by atoms with Crippen molar-refractivity contribution in [3.05, 3.63) is 59.7 Å². The number of hydrogen-bond donors (Lipinski definition) is 0. The van der Waals surface area contributed by atoms with E-state index in [9.17, 15) is 0 Å². The Balaban J connectivity index is 1.99. The zero-order valence-electron chi connectivity index (χ0n) is 11.8. The van der Waals surface area contributed by atoms with Crippen LogP contribution >= 0.6 is 0 Å². The van der Waals surface area contributed by atoms with E-state index < -0.39 is 5.79 Å². The molecule has 2 aromatic rings. The van der Waals surface area contributed by atoms with Crippen molar-refractivity contribution < 1.29 is 9.47 Å². The molecule has 2 heteroatoms. The number of ether oxygens (including phenoxy) is 2. The van der Waals surface area contributed by atoms with E-state index in [1.165, 1.54) is 11.1 Å². The second kappa shape index (κ2) is 4.18. The van der Waals surface area contributed by atoms with Crippen LogP contribution in [0.5, 0.6) is 0 Å². The fourth-order valence-electron chi connectivity index (χ4n) is 3.57. The first-order valence-corrected chi connectivity index (χ1v) is 7.26. The summed E-state index contributed by atoms with van der Waals surface area (Å²) in [5, 5.41) is 0. The van der Waals surface area contributed by atoms with Crippen LogP contribution in [0, 0.1) is 0 Å². The molecule has 0 aromatic heterocycles. The van der Waals surface area contributed by atoms with Crippen LogP contribution in [0.4, 0.5) is 0 Å². The Labute approximate surface area is 119 Å². The standard InChI is InChI=1S/C18H18O2/c1-12-11-13(2)20-18(19-12)16-9-5-3-7-14(16)15-8-4-6-10-17(15)18/h3-10,12-13H,11H2,1-2H3/t12-,13+. The predicted octanol–water partition coefficient (Wildman–Crippen LogP) is 4.08. The molecule has 2 atom stereocenters. The van der Waals surface area contributed by atoms with Crippen molar-refractivity contribution >= 4 is 0 Å². The number of rotatable bonds is 0. The summed E-state index contributed by atoms with van der Waals surface area (Å²) in [4.78, 5) is 0. The van der Waals surface area contributed by atoms with Gasteiger partial charge < -0.3 is 9.47 Å². The predicted molar refractivity (Wildman–Crippen MR) is 78.4 cm³/mol. The van der Waals surface area contributed by atoms with Crippen molar-refractivity contribution in [3.8, 4) is 11.1 Å². The molecule has 1 heterocycles. The minimum atomic E-state index is -0.718. The summed E-state index contributed by atoms with van der Waals surface area (Å²) in [6, 6.07) is 16.8. The average Bonchev–Trinajstić information content (AvgIpc) is 2.70. The molecule has 4 rings (SSSR count). The number of hydrogen-bond acceptors (Lipinski definition) is 2. The molecule has 20 heavy (non-hydrogen) atoms. The van der Waals surface area contributed by atoms with Gasteiger partial charge in [-0.15, -0.1) is 0 Å². The maximum Gasteiger partial charge on any atom is 0.224 e. The monoisotopic (exact) mass is 266 g/mol. The van der Waals surface area contributed by atoms with Gasteiger partial charge in [-0.05, 0) is 31.4 Å². The molecular formula is C18H18O2. The third-order valence-corrected chi connectivity index (χ3v) is 4.25. The first-order valence-electron chi connectivity index (χ1n) is 7.26. The van der Waals surface area contributed by atoms with Crippen LogP contribution in [0.2, 0.25) is 0 Å². The van der Waals surface area contributed by atoms with Gasteiger partial charge in [-0.2, -0.15) is 0 Å². The summed E-state index contributed by atoms with van der Waals surface area (Å²) in [6.45, 7) is 4.26. The minimum Gasteiger partial charge on any atom is -0.339 e. The fourth-order valence-corrected chi connectivity index (χ4v) is 3.57. The largest absolute Gasteiger partial charge is 0.339 e. The molecule has 1 aliphatic carbocycles. The molecule has 1 saturated heterocycles. The summed E-state index contributed by atoms with van der Waals surface area (Å²) in [7, 11) is 0. The second-order valence-electron chi connectivity index (χ2n) is 5.80. The Morgan fingerprint density at radius 1 is 0.800 bits per heavy atom. The molecule has 0 amide bonds. The van der Waals surface area contributed by atoms with Crippen LogP contribution in [0.3, 0.4) is 0 Å². The highest BCUT2D eigenvalue weighted by molar-refractivity contribution is 5.79. The van der Waals surface area contributed by atoms with Crippen molar-refractivity contribution in [3.63, 3.8) is 0 Å². The summed E-state index contributed by atoms with van der Waals surface area (Å²) >= 11 is 0. The van der Waals surface area contributed by atoms with Crippen molar-refractivity contribution in [1.82, 2.24) is 0 Å². The van der Waals surface area contributed by atoms with Gasteiger partial charge in [0, 0.05) is 11.1 Å². The smallest absolute Gasteiger partial charge is 0.224 e. The molecule has 102 valence electrons. The lowest BCUT2D eigenvalue weighted by molar-refractivity contribution is -0.295. The molecule has 0 saturated carbocycles. The Kier molecular flexibility index (Phi) is 2.53. The fraction of sp³-hybridized carbons (Fsp3) is 0.333. The Bertz CT molecular complexity index is 604. The molecular weight excluding hydrogens is 248 g/mol. The third kappa shape index (κ3) is 1.52. The van der Waals surface area contributed by atoms with E-state index in [1.54, 1.807) is 0 Å². The normalized spacial score (nSPS) is 26.3.